The summed E-state index contributed by atoms with van der Waals surface area (Å²) >= 11 is 7.56. The lowest BCUT2D eigenvalue weighted by Crippen LogP contribution is -2.37. The lowest BCUT2D eigenvalue weighted by atomic mass is 10.1. The Hall–Kier alpha value is -0.120. The second-order valence-electron chi connectivity index (χ2n) is 6.65. The molecule has 2 nitrogen and oxygen atoms in total. The highest BCUT2D eigenvalue weighted by molar-refractivity contribution is 7.09. The number of hydrogen-bond donors (Lipinski definition) is 0. The fraction of sp³-hybridized carbons (Fsp3) is 0.824. The molecule has 0 N–H and O–H groups in total. The van der Waals surface area contributed by atoms with E-state index in [2.05, 4.69) is 29.1 Å². The van der Waals surface area contributed by atoms with Crippen LogP contribution in [0.4, 0.5) is 0 Å². The average molecular weight is 329 g/mol. The summed E-state index contributed by atoms with van der Waals surface area (Å²) in [5.41, 5.74) is 1.03. The maximum Gasteiger partial charge on any atom is 0.0928 e. The van der Waals surface area contributed by atoms with E-state index in [1.165, 1.54) is 56.6 Å². The van der Waals surface area contributed by atoms with Crippen LogP contribution >= 0.6 is 22.9 Å². The molecule has 0 saturated heterocycles. The molecule has 21 heavy (non-hydrogen) atoms. The van der Waals surface area contributed by atoms with Crippen LogP contribution in [-0.4, -0.2) is 29.0 Å². The minimum Gasteiger partial charge on any atom is -0.300 e. The number of thiazole rings is 1. The number of rotatable bonds is 9. The first kappa shape index (κ1) is 17.2. The minimum absolute atomic E-state index is 0.542. The predicted octanol–water partition coefficient (Wildman–Crippen LogP) is 5.11. The fourth-order valence-corrected chi connectivity index (χ4v) is 4.35. The zero-order valence-electron chi connectivity index (χ0n) is 13.5. The van der Waals surface area contributed by atoms with Crippen LogP contribution in [0.2, 0.25) is 0 Å². The molecule has 4 heteroatoms. The highest BCUT2D eigenvalue weighted by atomic mass is 35.5. The number of aromatic nitrogens is 1. The van der Waals surface area contributed by atoms with Gasteiger partial charge in [-0.15, -0.1) is 22.9 Å². The lowest BCUT2D eigenvalue weighted by Gasteiger charge is -2.30. The van der Waals surface area contributed by atoms with Gasteiger partial charge in [-0.25, -0.2) is 4.98 Å². The van der Waals surface area contributed by atoms with E-state index >= 15 is 0 Å². The molecule has 0 aliphatic heterocycles. The SMILES string of the molecule is CC(C)CN(CCCCc1nc(CCl)cs1)C1CCCC1. The van der Waals surface area contributed by atoms with E-state index in [1.54, 1.807) is 11.3 Å². The van der Waals surface area contributed by atoms with Crippen molar-refractivity contribution in [3.63, 3.8) is 0 Å². The van der Waals surface area contributed by atoms with Gasteiger partial charge >= 0.3 is 0 Å². The van der Waals surface area contributed by atoms with Gasteiger partial charge in [-0.3, -0.25) is 0 Å². The Kier molecular flexibility index (Phi) is 7.48. The molecule has 1 heterocycles. The summed E-state index contributed by atoms with van der Waals surface area (Å²) in [6, 6.07) is 0.857. The quantitative estimate of drug-likeness (QED) is 0.463. The molecule has 1 aromatic rings. The zero-order chi connectivity index (χ0) is 15.1. The van der Waals surface area contributed by atoms with Crippen LogP contribution in [0, 0.1) is 5.92 Å². The first-order valence-corrected chi connectivity index (χ1v) is 9.83. The highest BCUT2D eigenvalue weighted by Crippen LogP contribution is 2.24. The van der Waals surface area contributed by atoms with Crippen molar-refractivity contribution in [3.05, 3.63) is 16.1 Å². The van der Waals surface area contributed by atoms with E-state index in [9.17, 15) is 0 Å². The Labute approximate surface area is 138 Å². The predicted molar refractivity (Wildman–Crippen MR) is 93.3 cm³/mol. The van der Waals surface area contributed by atoms with E-state index in [-0.39, 0.29) is 0 Å². The highest BCUT2D eigenvalue weighted by Gasteiger charge is 2.22. The largest absolute Gasteiger partial charge is 0.300 e. The van der Waals surface area contributed by atoms with E-state index in [4.69, 9.17) is 11.6 Å². The van der Waals surface area contributed by atoms with Gasteiger partial charge in [0.25, 0.3) is 0 Å². The Morgan fingerprint density at radius 3 is 2.71 bits per heavy atom. The summed E-state index contributed by atoms with van der Waals surface area (Å²) in [5.74, 6) is 1.32. The van der Waals surface area contributed by atoms with Crippen molar-refractivity contribution in [2.24, 2.45) is 5.92 Å². The third kappa shape index (κ3) is 5.88. The monoisotopic (exact) mass is 328 g/mol. The standard InChI is InChI=1S/C17H29ClN2S/c1-14(2)12-20(16-7-3-4-8-16)10-6-5-9-17-19-15(11-18)13-21-17/h13-14,16H,3-12H2,1-2H3. The van der Waals surface area contributed by atoms with Crippen molar-refractivity contribution in [2.75, 3.05) is 13.1 Å². The third-order valence-electron chi connectivity index (χ3n) is 4.26. The van der Waals surface area contributed by atoms with Crippen molar-refractivity contribution in [1.82, 2.24) is 9.88 Å². The van der Waals surface area contributed by atoms with E-state index in [0.29, 0.717) is 5.88 Å². The van der Waals surface area contributed by atoms with Crippen LogP contribution in [-0.2, 0) is 12.3 Å². The Balaban J connectivity index is 1.70. The minimum atomic E-state index is 0.542. The van der Waals surface area contributed by atoms with Crippen molar-refractivity contribution >= 4 is 22.9 Å². The molecular weight excluding hydrogens is 300 g/mol. The molecule has 1 saturated carbocycles. The van der Waals surface area contributed by atoms with Crippen LogP contribution in [0.5, 0.6) is 0 Å². The molecule has 1 aromatic heterocycles. The second-order valence-corrected chi connectivity index (χ2v) is 7.86. The normalized spacial score (nSPS) is 16.4. The van der Waals surface area contributed by atoms with Crippen molar-refractivity contribution in [2.45, 2.75) is 70.7 Å². The molecule has 0 spiro atoms. The van der Waals surface area contributed by atoms with Crippen LogP contribution < -0.4 is 0 Å². The average Bonchev–Trinajstić information content (AvgIpc) is 3.12. The van der Waals surface area contributed by atoms with E-state index in [0.717, 1.165) is 24.1 Å². The first-order chi connectivity index (χ1) is 10.2. The van der Waals surface area contributed by atoms with E-state index in [1.807, 2.05) is 0 Å². The number of hydrogen-bond acceptors (Lipinski definition) is 3. The van der Waals surface area contributed by atoms with Crippen LogP contribution in [0.3, 0.4) is 0 Å². The molecule has 0 aromatic carbocycles. The van der Waals surface area contributed by atoms with Gasteiger partial charge in [0.15, 0.2) is 0 Å². The molecule has 0 radical (unpaired) electrons. The molecule has 120 valence electrons. The second kappa shape index (κ2) is 9.12. The van der Waals surface area contributed by atoms with Crippen molar-refractivity contribution in [3.8, 4) is 0 Å². The zero-order valence-corrected chi connectivity index (χ0v) is 15.1. The van der Waals surface area contributed by atoms with Crippen LogP contribution in [0.25, 0.3) is 0 Å². The molecule has 1 fully saturated rings. The molecule has 0 unspecified atom stereocenters. The van der Waals surface area contributed by atoms with Gasteiger partial charge < -0.3 is 4.90 Å². The lowest BCUT2D eigenvalue weighted by molar-refractivity contribution is 0.174. The molecule has 0 bridgehead atoms. The summed E-state index contributed by atoms with van der Waals surface area (Å²) in [6.07, 6.45) is 9.34. The number of halogens is 1. The molecule has 2 rings (SSSR count). The van der Waals surface area contributed by atoms with Crippen molar-refractivity contribution in [1.29, 1.82) is 0 Å². The molecule has 0 amide bonds. The molecule has 1 aliphatic carbocycles. The van der Waals surface area contributed by atoms with E-state index < -0.39 is 0 Å². The van der Waals surface area contributed by atoms with Gasteiger partial charge in [0.05, 0.1) is 16.6 Å². The molecule has 1 aliphatic rings. The Bertz CT molecular complexity index is 399. The number of alkyl halides is 1. The number of aryl methyl sites for hydroxylation is 1. The maximum atomic E-state index is 5.80. The van der Waals surface area contributed by atoms with Gasteiger partial charge in [0.1, 0.15) is 0 Å². The number of unbranched alkanes of at least 4 members (excludes halogenated alkanes) is 1. The summed E-state index contributed by atoms with van der Waals surface area (Å²) in [5, 5.41) is 3.34. The summed E-state index contributed by atoms with van der Waals surface area (Å²) in [6.45, 7) is 7.20. The summed E-state index contributed by atoms with van der Waals surface area (Å²) in [4.78, 5) is 7.30. The first-order valence-electron chi connectivity index (χ1n) is 8.42. The Morgan fingerprint density at radius 1 is 1.33 bits per heavy atom. The van der Waals surface area contributed by atoms with Crippen molar-refractivity contribution < 1.29 is 0 Å². The number of nitrogens with zero attached hydrogens (tertiary/aromatic N) is 2. The fourth-order valence-electron chi connectivity index (χ4n) is 3.28. The maximum absolute atomic E-state index is 5.80. The molecular formula is C17H29ClN2S. The van der Waals surface area contributed by atoms with Gasteiger partial charge in [0.2, 0.25) is 0 Å². The topological polar surface area (TPSA) is 16.1 Å². The smallest absolute Gasteiger partial charge is 0.0928 e. The van der Waals surface area contributed by atoms with Gasteiger partial charge in [0, 0.05) is 18.0 Å². The van der Waals surface area contributed by atoms with Gasteiger partial charge in [-0.2, -0.15) is 0 Å². The van der Waals surface area contributed by atoms with Gasteiger partial charge in [-0.1, -0.05) is 26.7 Å². The Morgan fingerprint density at radius 2 is 2.10 bits per heavy atom. The third-order valence-corrected chi connectivity index (χ3v) is 5.49. The van der Waals surface area contributed by atoms with Crippen LogP contribution in [0.15, 0.2) is 5.38 Å². The molecule has 0 atom stereocenters. The van der Waals surface area contributed by atoms with Crippen LogP contribution in [0.1, 0.15) is 63.1 Å². The summed E-state index contributed by atoms with van der Waals surface area (Å²) < 4.78 is 0. The van der Waals surface area contributed by atoms with Gasteiger partial charge in [-0.05, 0) is 44.6 Å². The summed E-state index contributed by atoms with van der Waals surface area (Å²) in [7, 11) is 0.